The number of nitro benzene ring substituents is 1. The summed E-state index contributed by atoms with van der Waals surface area (Å²) in [5.41, 5.74) is 3.39. The summed E-state index contributed by atoms with van der Waals surface area (Å²) in [6, 6.07) is 6.06. The molecular weight excluding hydrogens is 342 g/mol. The van der Waals surface area contributed by atoms with Gasteiger partial charge in [-0.3, -0.25) is 14.9 Å². The highest BCUT2D eigenvalue weighted by molar-refractivity contribution is 5.85. The van der Waals surface area contributed by atoms with Crippen LogP contribution in [0.25, 0.3) is 0 Å². The van der Waals surface area contributed by atoms with E-state index in [9.17, 15) is 14.9 Å². The van der Waals surface area contributed by atoms with E-state index in [0.29, 0.717) is 17.4 Å². The van der Waals surface area contributed by atoms with Crippen LogP contribution in [0.5, 0.6) is 0 Å². The predicted molar refractivity (Wildman–Crippen MR) is 105 cm³/mol. The van der Waals surface area contributed by atoms with Crippen molar-refractivity contribution in [3.8, 4) is 0 Å². The Hall–Kier alpha value is -2.76. The maximum absolute atomic E-state index is 12.5. The smallest absolute Gasteiger partial charge is 0.269 e. The van der Waals surface area contributed by atoms with Gasteiger partial charge in [0.1, 0.15) is 0 Å². The number of hydrazone groups is 1. The highest BCUT2D eigenvalue weighted by Crippen LogP contribution is 2.52. The van der Waals surface area contributed by atoms with Gasteiger partial charge in [-0.05, 0) is 68.1 Å². The van der Waals surface area contributed by atoms with Crippen LogP contribution in [0.1, 0.15) is 44.1 Å². The zero-order valence-corrected chi connectivity index (χ0v) is 15.3. The molecule has 0 aliphatic heterocycles. The van der Waals surface area contributed by atoms with Gasteiger partial charge in [-0.2, -0.15) is 5.10 Å². The lowest BCUT2D eigenvalue weighted by Gasteiger charge is -1.99. The summed E-state index contributed by atoms with van der Waals surface area (Å²) in [5.74, 6) is 0.904. The Morgan fingerprint density at radius 2 is 1.56 bits per heavy atom. The number of amides is 1. The van der Waals surface area contributed by atoms with Gasteiger partial charge >= 0.3 is 0 Å². The number of nitrogens with one attached hydrogen (secondary N) is 1. The Kier molecular flexibility index (Phi) is 6.52. The molecule has 6 heteroatoms. The summed E-state index contributed by atoms with van der Waals surface area (Å²) in [6.45, 7) is 0. The minimum Gasteiger partial charge on any atom is -0.273 e. The largest absolute Gasteiger partial charge is 0.273 e. The van der Waals surface area contributed by atoms with Crippen molar-refractivity contribution in [3.63, 3.8) is 0 Å². The summed E-state index contributed by atoms with van der Waals surface area (Å²) in [4.78, 5) is 22.7. The van der Waals surface area contributed by atoms with Gasteiger partial charge in [0.15, 0.2) is 0 Å². The molecule has 142 valence electrons. The number of carbonyl (C=O) groups is 1. The van der Waals surface area contributed by atoms with Crippen LogP contribution in [0.4, 0.5) is 5.69 Å². The average molecular weight is 367 g/mol. The number of carbonyl (C=O) groups excluding carboxylic acids is 1. The molecule has 1 aromatic carbocycles. The summed E-state index contributed by atoms with van der Waals surface area (Å²) >= 11 is 0. The van der Waals surface area contributed by atoms with Gasteiger partial charge in [-0.25, -0.2) is 5.43 Å². The molecule has 1 N–H and O–H groups in total. The van der Waals surface area contributed by atoms with Gasteiger partial charge in [0.25, 0.3) is 5.69 Å². The van der Waals surface area contributed by atoms with E-state index in [1.807, 2.05) is 0 Å². The normalized spacial score (nSPS) is 27.6. The highest BCUT2D eigenvalue weighted by Gasteiger charge is 2.52. The number of rotatable bonds is 4. The minimum absolute atomic E-state index is 0.0222. The van der Waals surface area contributed by atoms with Crippen LogP contribution >= 0.6 is 0 Å². The maximum atomic E-state index is 12.5. The topological polar surface area (TPSA) is 84.6 Å². The van der Waals surface area contributed by atoms with Crippen molar-refractivity contribution in [1.29, 1.82) is 0 Å². The second-order valence-electron chi connectivity index (χ2n) is 7.11. The van der Waals surface area contributed by atoms with Crippen LogP contribution in [-0.2, 0) is 4.79 Å². The van der Waals surface area contributed by atoms with Crippen LogP contribution in [0.15, 0.2) is 53.7 Å². The molecule has 27 heavy (non-hydrogen) atoms. The molecule has 0 radical (unpaired) electrons. The second-order valence-corrected chi connectivity index (χ2v) is 7.11. The minimum atomic E-state index is -0.443. The van der Waals surface area contributed by atoms with E-state index >= 15 is 0 Å². The molecule has 3 rings (SSSR count). The number of hydrogen-bond donors (Lipinski definition) is 1. The highest BCUT2D eigenvalue weighted by atomic mass is 16.6. The molecule has 3 atom stereocenters. The van der Waals surface area contributed by atoms with E-state index in [1.54, 1.807) is 12.1 Å². The van der Waals surface area contributed by atoms with Gasteiger partial charge in [0.05, 0.1) is 11.1 Å². The van der Waals surface area contributed by atoms with Crippen LogP contribution in [0, 0.1) is 27.9 Å². The molecule has 1 amide bonds. The molecule has 1 saturated carbocycles. The van der Waals surface area contributed by atoms with Crippen molar-refractivity contribution in [2.75, 3.05) is 0 Å². The zero-order valence-electron chi connectivity index (χ0n) is 15.3. The number of benzene rings is 1. The monoisotopic (exact) mass is 367 g/mol. The molecule has 0 saturated heterocycles. The van der Waals surface area contributed by atoms with E-state index in [1.165, 1.54) is 18.3 Å². The lowest BCUT2D eigenvalue weighted by atomic mass is 10.1. The fourth-order valence-corrected chi connectivity index (χ4v) is 3.79. The Balaban J connectivity index is 1.53. The number of allylic oxidation sites excluding steroid dienone is 4. The number of non-ortho nitro benzene ring substituents is 1. The SMILES string of the molecule is O=C(N/N=C/c1ccc([N+](=O)[O-])cc1)C1C2CC/C=C\CC/C=C/CCC21. The van der Waals surface area contributed by atoms with E-state index in [4.69, 9.17) is 0 Å². The molecule has 2 aliphatic rings. The first-order valence-corrected chi connectivity index (χ1v) is 9.54. The third-order valence-electron chi connectivity index (χ3n) is 5.29. The quantitative estimate of drug-likeness (QED) is 0.371. The Morgan fingerprint density at radius 3 is 2.11 bits per heavy atom. The third kappa shape index (κ3) is 5.36. The molecule has 1 aromatic rings. The number of fused-ring (bicyclic) bond motifs is 1. The summed E-state index contributed by atoms with van der Waals surface area (Å²) in [5, 5.41) is 14.7. The third-order valence-corrected chi connectivity index (χ3v) is 5.29. The van der Waals surface area contributed by atoms with Crippen molar-refractivity contribution in [3.05, 3.63) is 64.2 Å². The van der Waals surface area contributed by atoms with E-state index in [0.717, 1.165) is 38.5 Å². The summed E-state index contributed by atoms with van der Waals surface area (Å²) < 4.78 is 0. The van der Waals surface area contributed by atoms with Crippen molar-refractivity contribution in [2.45, 2.75) is 38.5 Å². The number of nitrogens with zero attached hydrogens (tertiary/aromatic N) is 2. The number of hydrogen-bond acceptors (Lipinski definition) is 4. The Bertz CT molecular complexity index is 728. The van der Waals surface area contributed by atoms with Crippen molar-refractivity contribution in [1.82, 2.24) is 5.43 Å². The molecule has 0 bridgehead atoms. The molecule has 0 heterocycles. The maximum Gasteiger partial charge on any atom is 0.269 e. The van der Waals surface area contributed by atoms with E-state index < -0.39 is 4.92 Å². The first-order valence-electron chi connectivity index (χ1n) is 9.54. The Labute approximate surface area is 159 Å². The predicted octanol–water partition coefficient (Wildman–Crippen LogP) is 4.37. The molecule has 1 fully saturated rings. The van der Waals surface area contributed by atoms with Crippen molar-refractivity contribution < 1.29 is 9.72 Å². The molecule has 0 spiro atoms. The van der Waals surface area contributed by atoms with Crippen molar-refractivity contribution in [2.24, 2.45) is 22.9 Å². The molecular formula is C21H25N3O3. The van der Waals surface area contributed by atoms with Gasteiger partial charge in [0, 0.05) is 18.1 Å². The Morgan fingerprint density at radius 1 is 1.00 bits per heavy atom. The van der Waals surface area contributed by atoms with Crippen LogP contribution in [-0.4, -0.2) is 17.0 Å². The fourth-order valence-electron chi connectivity index (χ4n) is 3.79. The number of nitro groups is 1. The summed E-state index contributed by atoms with van der Waals surface area (Å²) in [7, 11) is 0. The van der Waals surface area contributed by atoms with Gasteiger partial charge in [-0.15, -0.1) is 0 Å². The van der Waals surface area contributed by atoms with E-state index in [2.05, 4.69) is 34.8 Å². The average Bonchev–Trinajstić information content (AvgIpc) is 3.34. The molecule has 3 unspecified atom stereocenters. The van der Waals surface area contributed by atoms with Gasteiger partial charge in [-0.1, -0.05) is 24.3 Å². The van der Waals surface area contributed by atoms with Gasteiger partial charge in [0.2, 0.25) is 5.91 Å². The fraction of sp³-hybridized carbons (Fsp3) is 0.429. The van der Waals surface area contributed by atoms with Gasteiger partial charge < -0.3 is 0 Å². The van der Waals surface area contributed by atoms with E-state index in [-0.39, 0.29) is 17.5 Å². The molecule has 6 nitrogen and oxygen atoms in total. The standard InChI is InChI=1S/C21H25N3O3/c25-21(23-22-15-16-11-13-17(14-12-16)24(26)27)20-18-9-7-5-3-1-2-4-6-8-10-19(18)20/h3-6,11-15,18-20H,1-2,7-10H2,(H,23,25)/b5-3-,6-4+,22-15+. The molecule has 2 aliphatic carbocycles. The second kappa shape index (κ2) is 9.26. The lowest BCUT2D eigenvalue weighted by Crippen LogP contribution is -2.21. The van der Waals surface area contributed by atoms with Crippen LogP contribution < -0.4 is 5.43 Å². The summed E-state index contributed by atoms with van der Waals surface area (Å²) in [6.07, 6.45) is 16.8. The first kappa shape index (κ1) is 19.0. The molecule has 0 aromatic heterocycles. The van der Waals surface area contributed by atoms with Crippen LogP contribution in [0.2, 0.25) is 0 Å². The van der Waals surface area contributed by atoms with Crippen molar-refractivity contribution >= 4 is 17.8 Å². The van der Waals surface area contributed by atoms with Crippen LogP contribution in [0.3, 0.4) is 0 Å². The first-order chi connectivity index (χ1) is 13.2. The lowest BCUT2D eigenvalue weighted by molar-refractivity contribution is -0.384. The zero-order chi connectivity index (χ0) is 19.1.